The Morgan fingerprint density at radius 1 is 1.42 bits per heavy atom. The van der Waals surface area contributed by atoms with Gasteiger partial charge in [-0.2, -0.15) is 0 Å². The molecule has 1 unspecified atom stereocenters. The van der Waals surface area contributed by atoms with E-state index in [1.165, 1.54) is 6.08 Å². The van der Waals surface area contributed by atoms with Gasteiger partial charge >= 0.3 is 5.97 Å². The molecule has 1 aliphatic rings. The fraction of sp³-hybridized carbons (Fsp3) is 0.333. The van der Waals surface area contributed by atoms with Crippen molar-refractivity contribution in [2.24, 2.45) is 0 Å². The normalized spacial score (nSPS) is 24.1. The van der Waals surface area contributed by atoms with Crippen LogP contribution in [-0.2, 0) is 14.3 Å². The smallest absolute Gasteiger partial charge is 0.343 e. The third kappa shape index (κ3) is 3.22. The lowest BCUT2D eigenvalue weighted by atomic mass is 9.96. The average Bonchev–Trinajstić information content (AvgIpc) is 2.58. The van der Waals surface area contributed by atoms with E-state index in [-0.39, 0.29) is 11.3 Å². The van der Waals surface area contributed by atoms with Gasteiger partial charge in [-0.1, -0.05) is 31.2 Å². The summed E-state index contributed by atoms with van der Waals surface area (Å²) in [7, 11) is 0. The molecule has 0 aromatic rings. The van der Waals surface area contributed by atoms with Crippen LogP contribution in [0.2, 0.25) is 0 Å². The summed E-state index contributed by atoms with van der Waals surface area (Å²) >= 11 is 0. The van der Waals surface area contributed by atoms with Gasteiger partial charge in [0.05, 0.1) is 0 Å². The van der Waals surface area contributed by atoms with Crippen molar-refractivity contribution in [1.82, 2.24) is 0 Å². The van der Waals surface area contributed by atoms with Gasteiger partial charge in [0.1, 0.15) is 11.3 Å². The Bertz CT molecular complexity index is 494. The first kappa shape index (κ1) is 15.0. The molecule has 1 atom stereocenters. The number of aliphatic carboxylic acids is 1. The number of allylic oxidation sites excluding steroid dienone is 5. The van der Waals surface area contributed by atoms with Crippen molar-refractivity contribution in [3.8, 4) is 0 Å². The fourth-order valence-corrected chi connectivity index (χ4v) is 1.72. The Morgan fingerprint density at radius 2 is 2.11 bits per heavy atom. The maximum Gasteiger partial charge on any atom is 0.343 e. The highest BCUT2D eigenvalue weighted by molar-refractivity contribution is 6.22. The number of carboxylic acid groups (broad SMARTS) is 1. The van der Waals surface area contributed by atoms with Gasteiger partial charge in [0.2, 0.25) is 5.78 Å². The predicted octanol–water partition coefficient (Wildman–Crippen LogP) is 2.78. The van der Waals surface area contributed by atoms with Gasteiger partial charge in [-0.3, -0.25) is 4.79 Å². The molecule has 0 radical (unpaired) electrons. The van der Waals surface area contributed by atoms with E-state index >= 15 is 0 Å². The Morgan fingerprint density at radius 3 is 2.63 bits per heavy atom. The topological polar surface area (TPSA) is 63.6 Å². The van der Waals surface area contributed by atoms with Crippen LogP contribution in [0.1, 0.15) is 27.2 Å². The second kappa shape index (κ2) is 6.18. The minimum atomic E-state index is -1.26. The molecule has 0 bridgehead atoms. The number of ether oxygens (including phenoxy) is 1. The van der Waals surface area contributed by atoms with E-state index in [0.717, 1.165) is 6.42 Å². The largest absolute Gasteiger partial charge is 0.477 e. The standard InChI is InChI=1S/C15H18O4/c1-4-6-7-8-10-15(3)13(16)12(14(17)18)11(19-15)9-5-2/h5-10H,4H2,1-3H3,(H,17,18)/b7-6+,9-5+,10-8+. The molecular weight excluding hydrogens is 244 g/mol. The van der Waals surface area contributed by atoms with Crippen molar-refractivity contribution >= 4 is 11.8 Å². The van der Waals surface area contributed by atoms with Gasteiger partial charge in [0.25, 0.3) is 0 Å². The summed E-state index contributed by atoms with van der Waals surface area (Å²) in [5.74, 6) is -1.69. The van der Waals surface area contributed by atoms with Crippen LogP contribution in [-0.4, -0.2) is 22.5 Å². The third-order valence-corrected chi connectivity index (χ3v) is 2.68. The molecule has 0 amide bonds. The monoisotopic (exact) mass is 262 g/mol. The summed E-state index contributed by atoms with van der Waals surface area (Å²) in [4.78, 5) is 23.3. The van der Waals surface area contributed by atoms with Gasteiger partial charge in [0.15, 0.2) is 5.60 Å². The predicted molar refractivity (Wildman–Crippen MR) is 72.5 cm³/mol. The Kier molecular flexibility index (Phi) is 4.87. The van der Waals surface area contributed by atoms with E-state index in [1.807, 2.05) is 13.0 Å². The van der Waals surface area contributed by atoms with Crippen molar-refractivity contribution in [1.29, 1.82) is 0 Å². The summed E-state index contributed by atoms with van der Waals surface area (Å²) in [6.45, 7) is 5.29. The Balaban J connectivity index is 3.06. The minimum Gasteiger partial charge on any atom is -0.477 e. The first-order valence-corrected chi connectivity index (χ1v) is 6.14. The van der Waals surface area contributed by atoms with Crippen molar-refractivity contribution in [3.63, 3.8) is 0 Å². The number of carbonyl (C=O) groups is 2. The second-order valence-corrected chi connectivity index (χ2v) is 4.28. The fourth-order valence-electron chi connectivity index (χ4n) is 1.72. The Labute approximate surface area is 112 Å². The molecule has 0 aliphatic carbocycles. The van der Waals surface area contributed by atoms with Crippen LogP contribution in [0.5, 0.6) is 0 Å². The summed E-state index contributed by atoms with van der Waals surface area (Å²) in [6, 6.07) is 0. The van der Waals surface area contributed by atoms with E-state index < -0.39 is 17.4 Å². The molecule has 4 nitrogen and oxygen atoms in total. The molecule has 0 saturated heterocycles. The molecule has 0 aromatic heterocycles. The van der Waals surface area contributed by atoms with Gasteiger partial charge in [-0.05, 0) is 32.4 Å². The number of rotatable bonds is 5. The molecule has 0 fully saturated rings. The molecule has 1 N–H and O–H groups in total. The summed E-state index contributed by atoms with van der Waals surface area (Å²) in [5, 5.41) is 9.09. The third-order valence-electron chi connectivity index (χ3n) is 2.68. The molecule has 1 heterocycles. The van der Waals surface area contributed by atoms with E-state index in [2.05, 4.69) is 0 Å². The van der Waals surface area contributed by atoms with E-state index in [0.29, 0.717) is 0 Å². The molecular formula is C15H18O4. The minimum absolute atomic E-state index is 0.103. The van der Waals surface area contributed by atoms with E-state index in [4.69, 9.17) is 9.84 Å². The van der Waals surface area contributed by atoms with E-state index in [9.17, 15) is 9.59 Å². The molecule has 19 heavy (non-hydrogen) atoms. The highest BCUT2D eigenvalue weighted by atomic mass is 16.5. The highest BCUT2D eigenvalue weighted by Crippen LogP contribution is 2.32. The lowest BCUT2D eigenvalue weighted by Crippen LogP contribution is -2.32. The molecule has 1 aliphatic heterocycles. The second-order valence-electron chi connectivity index (χ2n) is 4.28. The molecule has 102 valence electrons. The number of Topliss-reactive ketones (excluding diaryl/α,β-unsaturated/α-hetero) is 1. The quantitative estimate of drug-likeness (QED) is 0.611. The van der Waals surface area contributed by atoms with Gasteiger partial charge in [-0.25, -0.2) is 4.79 Å². The van der Waals surface area contributed by atoms with Crippen LogP contribution in [0, 0.1) is 0 Å². The summed E-state index contributed by atoms with van der Waals surface area (Å²) < 4.78 is 5.50. The summed E-state index contributed by atoms with van der Waals surface area (Å²) in [5.41, 5.74) is -1.55. The van der Waals surface area contributed by atoms with Crippen molar-refractivity contribution < 1.29 is 19.4 Å². The highest BCUT2D eigenvalue weighted by Gasteiger charge is 2.45. The number of carbonyl (C=O) groups excluding carboxylic acids is 1. The van der Waals surface area contributed by atoms with Crippen molar-refractivity contribution in [3.05, 3.63) is 47.8 Å². The number of hydrogen-bond donors (Lipinski definition) is 1. The maximum absolute atomic E-state index is 12.1. The molecule has 0 saturated carbocycles. The molecule has 4 heteroatoms. The molecule has 1 rings (SSSR count). The number of carboxylic acids is 1. The maximum atomic E-state index is 12.1. The SMILES string of the molecule is C/C=C/C1=C(C(=O)O)C(=O)C(C)(/C=C/C=C/CC)O1. The molecule has 0 aromatic carbocycles. The lowest BCUT2D eigenvalue weighted by molar-refractivity contribution is -0.135. The zero-order valence-electron chi connectivity index (χ0n) is 11.3. The zero-order valence-corrected chi connectivity index (χ0v) is 11.3. The van der Waals surface area contributed by atoms with E-state index in [1.54, 1.807) is 38.2 Å². The Hall–Kier alpha value is -2.10. The van der Waals surface area contributed by atoms with Crippen LogP contribution in [0.15, 0.2) is 47.8 Å². The first-order valence-electron chi connectivity index (χ1n) is 6.14. The van der Waals surface area contributed by atoms with Crippen LogP contribution in [0.3, 0.4) is 0 Å². The first-order chi connectivity index (χ1) is 8.96. The van der Waals surface area contributed by atoms with Gasteiger partial charge in [-0.15, -0.1) is 0 Å². The van der Waals surface area contributed by atoms with Crippen LogP contribution in [0.25, 0.3) is 0 Å². The number of hydrogen-bond acceptors (Lipinski definition) is 3. The van der Waals surface area contributed by atoms with Crippen LogP contribution < -0.4 is 0 Å². The lowest BCUT2D eigenvalue weighted by Gasteiger charge is -2.18. The zero-order chi connectivity index (χ0) is 14.5. The number of ketones is 1. The average molecular weight is 262 g/mol. The van der Waals surface area contributed by atoms with Gasteiger partial charge < -0.3 is 9.84 Å². The van der Waals surface area contributed by atoms with Crippen molar-refractivity contribution in [2.75, 3.05) is 0 Å². The summed E-state index contributed by atoms with van der Waals surface area (Å²) in [6.07, 6.45) is 11.0. The van der Waals surface area contributed by atoms with Crippen molar-refractivity contribution in [2.45, 2.75) is 32.8 Å². The van der Waals surface area contributed by atoms with Crippen LogP contribution >= 0.6 is 0 Å². The van der Waals surface area contributed by atoms with Crippen LogP contribution in [0.4, 0.5) is 0 Å². The van der Waals surface area contributed by atoms with Gasteiger partial charge in [0, 0.05) is 0 Å². The molecule has 0 spiro atoms.